The molecular weight excluding hydrogens is 176 g/mol. The van der Waals surface area contributed by atoms with Crippen LogP contribution < -0.4 is 0 Å². The van der Waals surface area contributed by atoms with Crippen LogP contribution in [0.25, 0.3) is 0 Å². The van der Waals surface area contributed by atoms with Crippen LogP contribution in [0.4, 0.5) is 0 Å². The van der Waals surface area contributed by atoms with Crippen molar-refractivity contribution >= 4 is 5.97 Å². The lowest BCUT2D eigenvalue weighted by atomic mass is 9.72. The van der Waals surface area contributed by atoms with E-state index in [0.717, 1.165) is 32.1 Å². The largest absolute Gasteiger partial charge is 0.462 e. The highest BCUT2D eigenvalue weighted by molar-refractivity contribution is 5.79. The maximum absolute atomic E-state index is 11.8. The molecule has 0 bridgehead atoms. The van der Waals surface area contributed by atoms with E-state index in [1.165, 1.54) is 19.3 Å². The minimum Gasteiger partial charge on any atom is -0.462 e. The van der Waals surface area contributed by atoms with Crippen molar-refractivity contribution in [2.24, 2.45) is 5.41 Å². The molecule has 2 heteroatoms. The van der Waals surface area contributed by atoms with E-state index in [4.69, 9.17) is 4.74 Å². The van der Waals surface area contributed by atoms with Crippen LogP contribution in [0.1, 0.15) is 58.3 Å². The molecular formula is C12H20O2. The van der Waals surface area contributed by atoms with Gasteiger partial charge in [0.1, 0.15) is 6.10 Å². The van der Waals surface area contributed by atoms with Crippen LogP contribution in [0.15, 0.2) is 0 Å². The fourth-order valence-corrected chi connectivity index (χ4v) is 2.96. The maximum atomic E-state index is 11.8. The zero-order valence-corrected chi connectivity index (χ0v) is 9.05. The van der Waals surface area contributed by atoms with Crippen LogP contribution in [0.5, 0.6) is 0 Å². The molecule has 0 amide bonds. The highest BCUT2D eigenvalue weighted by atomic mass is 16.6. The van der Waals surface area contributed by atoms with Gasteiger partial charge < -0.3 is 4.74 Å². The van der Waals surface area contributed by atoms with Gasteiger partial charge in [0, 0.05) is 6.42 Å². The van der Waals surface area contributed by atoms with Gasteiger partial charge in [-0.05, 0) is 19.3 Å². The molecule has 2 nitrogen and oxygen atoms in total. The Labute approximate surface area is 86.0 Å². The number of rotatable bonds is 2. The molecule has 14 heavy (non-hydrogen) atoms. The van der Waals surface area contributed by atoms with E-state index in [1.807, 2.05) is 0 Å². The molecule has 1 unspecified atom stereocenters. The predicted molar refractivity (Wildman–Crippen MR) is 54.9 cm³/mol. The molecule has 1 spiro atoms. The minimum absolute atomic E-state index is 0.0575. The van der Waals surface area contributed by atoms with Gasteiger partial charge in [-0.1, -0.05) is 32.6 Å². The van der Waals surface area contributed by atoms with E-state index < -0.39 is 0 Å². The van der Waals surface area contributed by atoms with Crippen molar-refractivity contribution in [2.45, 2.75) is 64.4 Å². The van der Waals surface area contributed by atoms with Crippen LogP contribution >= 0.6 is 0 Å². The molecule has 2 fully saturated rings. The summed E-state index contributed by atoms with van der Waals surface area (Å²) in [4.78, 5) is 11.8. The maximum Gasteiger partial charge on any atom is 0.312 e. The number of hydrogen-bond acceptors (Lipinski definition) is 2. The van der Waals surface area contributed by atoms with Gasteiger partial charge in [0.15, 0.2) is 0 Å². The van der Waals surface area contributed by atoms with Crippen molar-refractivity contribution in [1.82, 2.24) is 0 Å². The van der Waals surface area contributed by atoms with Gasteiger partial charge in [0.05, 0.1) is 5.41 Å². The van der Waals surface area contributed by atoms with E-state index >= 15 is 0 Å². The molecule has 0 N–H and O–H groups in total. The molecule has 0 aromatic rings. The summed E-state index contributed by atoms with van der Waals surface area (Å²) in [5.74, 6) is 0.107. The van der Waals surface area contributed by atoms with Crippen LogP contribution in [0.3, 0.4) is 0 Å². The SMILES string of the molecule is CCCC1CC2(CCCCC2)C(=O)O1. The van der Waals surface area contributed by atoms with Crippen LogP contribution in [-0.2, 0) is 9.53 Å². The summed E-state index contributed by atoms with van der Waals surface area (Å²) >= 11 is 0. The highest BCUT2D eigenvalue weighted by Crippen LogP contribution is 2.46. The minimum atomic E-state index is -0.0575. The first-order chi connectivity index (χ1) is 6.77. The Morgan fingerprint density at radius 1 is 1.36 bits per heavy atom. The van der Waals surface area contributed by atoms with Gasteiger partial charge in [-0.3, -0.25) is 4.79 Å². The Kier molecular flexibility index (Phi) is 2.80. The molecule has 1 heterocycles. The zero-order valence-electron chi connectivity index (χ0n) is 9.05. The topological polar surface area (TPSA) is 26.3 Å². The van der Waals surface area contributed by atoms with E-state index in [9.17, 15) is 4.79 Å². The van der Waals surface area contributed by atoms with Crippen LogP contribution in [-0.4, -0.2) is 12.1 Å². The molecule has 1 saturated heterocycles. The van der Waals surface area contributed by atoms with Crippen molar-refractivity contribution in [2.75, 3.05) is 0 Å². The quantitative estimate of drug-likeness (QED) is 0.634. The second-order valence-electron chi connectivity index (χ2n) is 4.86. The first kappa shape index (κ1) is 10.0. The molecule has 80 valence electrons. The Morgan fingerprint density at radius 3 is 2.71 bits per heavy atom. The zero-order chi connectivity index (χ0) is 10.0. The number of ether oxygens (including phenoxy) is 1. The lowest BCUT2D eigenvalue weighted by Crippen LogP contribution is -2.28. The summed E-state index contributed by atoms with van der Waals surface area (Å²) in [6.45, 7) is 2.15. The van der Waals surface area contributed by atoms with Gasteiger partial charge in [-0.15, -0.1) is 0 Å². The van der Waals surface area contributed by atoms with Gasteiger partial charge in [-0.2, -0.15) is 0 Å². The molecule has 1 atom stereocenters. The summed E-state index contributed by atoms with van der Waals surface area (Å²) in [6.07, 6.45) is 9.28. The Hall–Kier alpha value is -0.530. The van der Waals surface area contributed by atoms with Crippen molar-refractivity contribution in [1.29, 1.82) is 0 Å². The highest BCUT2D eigenvalue weighted by Gasteiger charge is 2.48. The molecule has 2 aliphatic rings. The molecule has 1 aliphatic heterocycles. The number of hydrogen-bond donors (Lipinski definition) is 0. The van der Waals surface area contributed by atoms with Crippen LogP contribution in [0.2, 0.25) is 0 Å². The monoisotopic (exact) mass is 196 g/mol. The molecule has 1 aliphatic carbocycles. The van der Waals surface area contributed by atoms with E-state index in [1.54, 1.807) is 0 Å². The second kappa shape index (κ2) is 3.92. The average molecular weight is 196 g/mol. The summed E-state index contributed by atoms with van der Waals surface area (Å²) in [6, 6.07) is 0. The number of carbonyl (C=O) groups excluding carboxylic acids is 1. The second-order valence-corrected chi connectivity index (χ2v) is 4.86. The summed E-state index contributed by atoms with van der Waals surface area (Å²) in [5.41, 5.74) is -0.0575. The fraction of sp³-hybridized carbons (Fsp3) is 0.917. The summed E-state index contributed by atoms with van der Waals surface area (Å²) in [7, 11) is 0. The van der Waals surface area contributed by atoms with Crippen molar-refractivity contribution in [3.05, 3.63) is 0 Å². The van der Waals surface area contributed by atoms with E-state index in [-0.39, 0.29) is 17.5 Å². The predicted octanol–water partition coefficient (Wildman–Crippen LogP) is 3.05. The molecule has 1 saturated carbocycles. The van der Waals surface area contributed by atoms with Gasteiger partial charge >= 0.3 is 5.97 Å². The Bertz CT molecular complexity index is 216. The Balaban J connectivity index is 2.01. The third-order valence-electron chi connectivity index (χ3n) is 3.75. The van der Waals surface area contributed by atoms with Gasteiger partial charge in [0.2, 0.25) is 0 Å². The lowest BCUT2D eigenvalue weighted by molar-refractivity contribution is -0.150. The number of cyclic esters (lactones) is 1. The molecule has 2 rings (SSSR count). The third kappa shape index (κ3) is 1.67. The smallest absolute Gasteiger partial charge is 0.312 e. The number of carbonyl (C=O) groups is 1. The van der Waals surface area contributed by atoms with Crippen molar-refractivity contribution < 1.29 is 9.53 Å². The summed E-state index contributed by atoms with van der Waals surface area (Å²) in [5, 5.41) is 0. The third-order valence-corrected chi connectivity index (χ3v) is 3.75. The normalized spacial score (nSPS) is 30.6. The van der Waals surface area contributed by atoms with Crippen LogP contribution in [0, 0.1) is 5.41 Å². The van der Waals surface area contributed by atoms with Gasteiger partial charge in [0.25, 0.3) is 0 Å². The van der Waals surface area contributed by atoms with E-state index in [0.29, 0.717) is 0 Å². The van der Waals surface area contributed by atoms with Crippen molar-refractivity contribution in [3.8, 4) is 0 Å². The first-order valence-electron chi connectivity index (χ1n) is 5.98. The lowest BCUT2D eigenvalue weighted by Gasteiger charge is -2.28. The molecule has 0 aromatic heterocycles. The molecule has 0 radical (unpaired) electrons. The van der Waals surface area contributed by atoms with Gasteiger partial charge in [-0.25, -0.2) is 0 Å². The Morgan fingerprint density at radius 2 is 2.07 bits per heavy atom. The van der Waals surface area contributed by atoms with Crippen molar-refractivity contribution in [3.63, 3.8) is 0 Å². The van der Waals surface area contributed by atoms with E-state index in [2.05, 4.69) is 6.92 Å². The molecule has 0 aromatic carbocycles. The average Bonchev–Trinajstić information content (AvgIpc) is 2.45. The number of esters is 1. The standard InChI is InChI=1S/C12H20O2/c1-2-6-10-9-12(11(13)14-10)7-4-3-5-8-12/h10H,2-9H2,1H3. The first-order valence-corrected chi connectivity index (χ1v) is 5.98. The fourth-order valence-electron chi connectivity index (χ4n) is 2.96. The summed E-state index contributed by atoms with van der Waals surface area (Å²) < 4.78 is 5.46.